The lowest BCUT2D eigenvalue weighted by Gasteiger charge is -2.22. The van der Waals surface area contributed by atoms with Crippen LogP contribution in [0.1, 0.15) is 18.3 Å². The number of benzene rings is 2. The van der Waals surface area contributed by atoms with Gasteiger partial charge in [0.1, 0.15) is 24.5 Å². The van der Waals surface area contributed by atoms with Gasteiger partial charge in [0.15, 0.2) is 0 Å². The van der Waals surface area contributed by atoms with E-state index in [1.807, 2.05) is 24.3 Å². The molecule has 2 atom stereocenters. The number of nitrogens with one attached hydrogen (secondary N) is 1. The van der Waals surface area contributed by atoms with Gasteiger partial charge in [-0.05, 0) is 17.9 Å². The van der Waals surface area contributed by atoms with Crippen LogP contribution in [-0.2, 0) is 4.74 Å². The Morgan fingerprint density at radius 3 is 2.92 bits per heavy atom. The van der Waals surface area contributed by atoms with E-state index in [0.717, 1.165) is 36.5 Å². The zero-order chi connectivity index (χ0) is 17.1. The molecule has 130 valence electrons. The lowest BCUT2D eigenvalue weighted by Crippen LogP contribution is -2.30. The van der Waals surface area contributed by atoms with Crippen LogP contribution < -0.4 is 4.74 Å². The molecule has 3 aromatic rings. The topological polar surface area (TPSA) is 63.3 Å². The average molecular weight is 338 g/mol. The zero-order valence-electron chi connectivity index (χ0n) is 14.3. The van der Waals surface area contributed by atoms with Crippen molar-refractivity contribution >= 4 is 10.8 Å². The second-order valence-electron chi connectivity index (χ2n) is 6.30. The highest BCUT2D eigenvalue weighted by atomic mass is 16.5. The quantitative estimate of drug-likeness (QED) is 0.749. The van der Waals surface area contributed by atoms with E-state index in [9.17, 15) is 0 Å². The summed E-state index contributed by atoms with van der Waals surface area (Å²) in [5, 5.41) is 9.31. The number of nitrogens with zero attached hydrogens (tertiary/aromatic N) is 3. The van der Waals surface area contributed by atoms with Crippen molar-refractivity contribution in [2.24, 2.45) is 0 Å². The van der Waals surface area contributed by atoms with Crippen LogP contribution in [0.15, 0.2) is 48.8 Å². The fourth-order valence-electron chi connectivity index (χ4n) is 3.53. The molecule has 0 aliphatic carbocycles. The maximum absolute atomic E-state index is 6.09. The fourth-order valence-corrected chi connectivity index (χ4v) is 3.53. The van der Waals surface area contributed by atoms with Gasteiger partial charge >= 0.3 is 0 Å². The van der Waals surface area contributed by atoms with E-state index in [1.165, 1.54) is 5.39 Å². The molecule has 0 unspecified atom stereocenters. The van der Waals surface area contributed by atoms with E-state index < -0.39 is 0 Å². The fraction of sp³-hybridized carbons (Fsp3) is 0.368. The number of fused-ring (bicyclic) bond motifs is 1. The first-order valence-electron chi connectivity index (χ1n) is 8.58. The van der Waals surface area contributed by atoms with Crippen molar-refractivity contribution in [2.45, 2.75) is 18.6 Å². The molecule has 6 heteroatoms. The van der Waals surface area contributed by atoms with Gasteiger partial charge in [-0.15, -0.1) is 0 Å². The highest BCUT2D eigenvalue weighted by molar-refractivity contribution is 5.88. The molecule has 1 aliphatic heterocycles. The highest BCUT2D eigenvalue weighted by Crippen LogP contribution is 2.31. The van der Waals surface area contributed by atoms with Crippen molar-refractivity contribution in [2.75, 3.05) is 26.8 Å². The van der Waals surface area contributed by atoms with E-state index >= 15 is 0 Å². The number of H-pyrrole nitrogens is 1. The van der Waals surface area contributed by atoms with E-state index in [-0.39, 0.29) is 12.1 Å². The molecule has 0 bridgehead atoms. The third-order valence-corrected chi connectivity index (χ3v) is 4.83. The molecule has 0 amide bonds. The van der Waals surface area contributed by atoms with Gasteiger partial charge in [-0.3, -0.25) is 10.00 Å². The molecule has 2 aromatic carbocycles. The van der Waals surface area contributed by atoms with Crippen LogP contribution in [0.25, 0.3) is 10.8 Å². The summed E-state index contributed by atoms with van der Waals surface area (Å²) in [6.45, 7) is 2.31. The SMILES string of the molecule is CO[C@@H]1C[C@@H](c2ncn[nH]2)N(CCOc2cccc3ccccc23)C1. The Bertz CT molecular complexity index is 816. The minimum absolute atomic E-state index is 0.198. The maximum Gasteiger partial charge on any atom is 0.141 e. The molecule has 1 aromatic heterocycles. The van der Waals surface area contributed by atoms with Crippen molar-refractivity contribution < 1.29 is 9.47 Å². The first-order valence-corrected chi connectivity index (χ1v) is 8.58. The molecule has 1 N–H and O–H groups in total. The van der Waals surface area contributed by atoms with Gasteiger partial charge in [-0.2, -0.15) is 5.10 Å². The van der Waals surface area contributed by atoms with Crippen molar-refractivity contribution in [3.63, 3.8) is 0 Å². The summed E-state index contributed by atoms with van der Waals surface area (Å²) in [6.07, 6.45) is 2.69. The van der Waals surface area contributed by atoms with Crippen LogP contribution in [0.4, 0.5) is 0 Å². The maximum atomic E-state index is 6.09. The number of methoxy groups -OCH3 is 1. The first-order chi connectivity index (χ1) is 12.3. The molecule has 1 aliphatic rings. The second kappa shape index (κ2) is 7.21. The van der Waals surface area contributed by atoms with Gasteiger partial charge in [0.25, 0.3) is 0 Å². The molecular formula is C19H22N4O2. The Kier molecular flexibility index (Phi) is 4.63. The number of hydrogen-bond donors (Lipinski definition) is 1. The summed E-state index contributed by atoms with van der Waals surface area (Å²) < 4.78 is 11.6. The van der Waals surface area contributed by atoms with E-state index in [0.29, 0.717) is 6.61 Å². The standard InChI is InChI=1S/C19H22N4O2/c1-24-15-11-17(19-20-13-21-22-19)23(12-15)9-10-25-18-8-4-6-14-5-2-3-7-16(14)18/h2-8,13,15,17H,9-12H2,1H3,(H,20,21,22)/t15-,17+/m1/s1. The highest BCUT2D eigenvalue weighted by Gasteiger charge is 2.34. The lowest BCUT2D eigenvalue weighted by molar-refractivity contribution is 0.105. The Morgan fingerprint density at radius 2 is 2.08 bits per heavy atom. The minimum atomic E-state index is 0.198. The molecule has 1 saturated heterocycles. The van der Waals surface area contributed by atoms with Gasteiger partial charge in [0, 0.05) is 25.6 Å². The van der Waals surface area contributed by atoms with Crippen LogP contribution in [0, 0.1) is 0 Å². The Balaban J connectivity index is 1.43. The molecule has 4 rings (SSSR count). The van der Waals surface area contributed by atoms with Crippen LogP contribution in [0.5, 0.6) is 5.75 Å². The van der Waals surface area contributed by atoms with Gasteiger partial charge < -0.3 is 9.47 Å². The summed E-state index contributed by atoms with van der Waals surface area (Å²) in [5.74, 6) is 1.82. The average Bonchev–Trinajstić information content (AvgIpc) is 3.31. The molecule has 0 radical (unpaired) electrons. The Hall–Kier alpha value is -2.44. The predicted molar refractivity (Wildman–Crippen MR) is 95.6 cm³/mol. The third kappa shape index (κ3) is 3.36. The van der Waals surface area contributed by atoms with Crippen molar-refractivity contribution in [1.29, 1.82) is 0 Å². The number of hydrogen-bond acceptors (Lipinski definition) is 5. The number of aromatic nitrogens is 3. The summed E-state index contributed by atoms with van der Waals surface area (Å²) >= 11 is 0. The van der Waals surface area contributed by atoms with Gasteiger partial charge in [-0.1, -0.05) is 36.4 Å². The smallest absolute Gasteiger partial charge is 0.141 e. The minimum Gasteiger partial charge on any atom is -0.492 e. The van der Waals surface area contributed by atoms with E-state index in [4.69, 9.17) is 9.47 Å². The number of likely N-dealkylation sites (tertiary alicyclic amines) is 1. The molecule has 6 nitrogen and oxygen atoms in total. The number of ether oxygens (including phenoxy) is 2. The van der Waals surface area contributed by atoms with Gasteiger partial charge in [0.05, 0.1) is 12.1 Å². The summed E-state index contributed by atoms with van der Waals surface area (Å²) in [6, 6.07) is 14.6. The van der Waals surface area contributed by atoms with Gasteiger partial charge in [0.2, 0.25) is 0 Å². The molecule has 1 fully saturated rings. The third-order valence-electron chi connectivity index (χ3n) is 4.83. The normalized spacial score (nSPS) is 21.0. The largest absolute Gasteiger partial charge is 0.492 e. The Morgan fingerprint density at radius 1 is 1.20 bits per heavy atom. The van der Waals surface area contributed by atoms with Crippen LogP contribution in [-0.4, -0.2) is 53.0 Å². The second-order valence-corrected chi connectivity index (χ2v) is 6.30. The molecule has 25 heavy (non-hydrogen) atoms. The zero-order valence-corrected chi connectivity index (χ0v) is 14.3. The molecule has 0 saturated carbocycles. The number of aromatic amines is 1. The van der Waals surface area contributed by atoms with E-state index in [2.05, 4.69) is 38.3 Å². The van der Waals surface area contributed by atoms with Crippen molar-refractivity contribution in [3.8, 4) is 5.75 Å². The first kappa shape index (κ1) is 16.1. The van der Waals surface area contributed by atoms with E-state index in [1.54, 1.807) is 13.4 Å². The molecular weight excluding hydrogens is 316 g/mol. The van der Waals surface area contributed by atoms with Crippen LogP contribution in [0.3, 0.4) is 0 Å². The monoisotopic (exact) mass is 338 g/mol. The summed E-state index contributed by atoms with van der Waals surface area (Å²) in [7, 11) is 1.76. The Labute approximate surface area is 146 Å². The van der Waals surface area contributed by atoms with Gasteiger partial charge in [-0.25, -0.2) is 4.98 Å². The van der Waals surface area contributed by atoms with Crippen LogP contribution in [0.2, 0.25) is 0 Å². The van der Waals surface area contributed by atoms with Crippen molar-refractivity contribution in [3.05, 3.63) is 54.6 Å². The lowest BCUT2D eigenvalue weighted by atomic mass is 10.1. The predicted octanol–water partition coefficient (Wildman–Crippen LogP) is 2.80. The van der Waals surface area contributed by atoms with Crippen molar-refractivity contribution in [1.82, 2.24) is 20.1 Å². The number of rotatable bonds is 6. The van der Waals surface area contributed by atoms with Crippen LogP contribution >= 0.6 is 0 Å². The summed E-state index contributed by atoms with van der Waals surface area (Å²) in [4.78, 5) is 6.67. The summed E-state index contributed by atoms with van der Waals surface area (Å²) in [5.41, 5.74) is 0. The molecule has 0 spiro atoms. The molecule has 2 heterocycles.